The molecule has 1 heteroatoms. The maximum Gasteiger partial charge on any atom is 0.0726 e. The quantitative estimate of drug-likeness (QED) is 0.166. The summed E-state index contributed by atoms with van der Waals surface area (Å²) in [7, 11) is 0. The monoisotopic (exact) mass is 920 g/mol. The van der Waals surface area contributed by atoms with Gasteiger partial charge in [0.1, 0.15) is 0 Å². The Morgan fingerprint density at radius 2 is 0.732 bits per heavy atom. The molecule has 0 atom stereocenters. The molecule has 71 heavy (non-hydrogen) atoms. The molecule has 3 aliphatic rings. The lowest BCUT2D eigenvalue weighted by atomic mass is 9.68. The molecule has 1 nitrogen and oxygen atoms in total. The van der Waals surface area contributed by atoms with Crippen molar-refractivity contribution < 1.29 is 0 Å². The molecule has 0 fully saturated rings. The van der Waals surface area contributed by atoms with Crippen molar-refractivity contribution in [2.24, 2.45) is 0 Å². The third-order valence-corrected chi connectivity index (χ3v) is 16.4. The first-order chi connectivity index (χ1) is 33.9. The fourth-order valence-electron chi connectivity index (χ4n) is 12.6. The summed E-state index contributed by atoms with van der Waals surface area (Å²) in [6, 6.07) is 74.7. The van der Waals surface area contributed by atoms with Crippen molar-refractivity contribution in [1.29, 1.82) is 0 Å². The maximum absolute atomic E-state index is 2.58. The molecule has 0 heterocycles. The molecule has 0 N–H and O–H groups in total. The second-order valence-corrected chi connectivity index (χ2v) is 24.1. The van der Waals surface area contributed by atoms with E-state index in [1.165, 1.54) is 106 Å². The fourth-order valence-corrected chi connectivity index (χ4v) is 12.6. The molecular weight excluding hydrogens is 855 g/mol. The van der Waals surface area contributed by atoms with Crippen molar-refractivity contribution in [3.05, 3.63) is 244 Å². The molecule has 350 valence electrons. The Hall–Kier alpha value is -7.22. The van der Waals surface area contributed by atoms with Crippen LogP contribution in [0.25, 0.3) is 55.6 Å². The number of rotatable bonds is 5. The van der Waals surface area contributed by atoms with Crippen LogP contribution in [-0.4, -0.2) is 0 Å². The Morgan fingerprint density at radius 3 is 1.32 bits per heavy atom. The molecule has 9 aromatic rings. The maximum atomic E-state index is 2.58. The van der Waals surface area contributed by atoms with Gasteiger partial charge in [-0.05, 0) is 135 Å². The van der Waals surface area contributed by atoms with Crippen LogP contribution in [0.2, 0.25) is 0 Å². The molecule has 3 aliphatic carbocycles. The number of nitrogens with zero attached hydrogens (tertiary/aromatic N) is 1. The average molecular weight is 920 g/mol. The zero-order chi connectivity index (χ0) is 49.4. The first kappa shape index (κ1) is 45.0. The summed E-state index contributed by atoms with van der Waals surface area (Å²) in [6.45, 7) is 25.9. The second kappa shape index (κ2) is 15.6. The van der Waals surface area contributed by atoms with E-state index in [2.05, 4.69) is 275 Å². The average Bonchev–Trinajstić information content (AvgIpc) is 3.91. The van der Waals surface area contributed by atoms with Gasteiger partial charge in [0.05, 0.1) is 16.8 Å². The summed E-state index contributed by atoms with van der Waals surface area (Å²) < 4.78 is 0. The van der Waals surface area contributed by atoms with Crippen LogP contribution < -0.4 is 4.90 Å². The normalized spacial score (nSPS) is 14.6. The van der Waals surface area contributed by atoms with E-state index in [9.17, 15) is 0 Å². The minimum atomic E-state index is -0.541. The van der Waals surface area contributed by atoms with Crippen molar-refractivity contribution in [1.82, 2.24) is 0 Å². The van der Waals surface area contributed by atoms with Crippen LogP contribution in [0.5, 0.6) is 0 Å². The summed E-state index contributed by atoms with van der Waals surface area (Å²) >= 11 is 0. The summed E-state index contributed by atoms with van der Waals surface area (Å²) in [6.07, 6.45) is 0. The van der Waals surface area contributed by atoms with Crippen molar-refractivity contribution in [3.8, 4) is 55.6 Å². The Morgan fingerprint density at radius 1 is 0.310 bits per heavy atom. The summed E-state index contributed by atoms with van der Waals surface area (Å²) in [4.78, 5) is 2.58. The summed E-state index contributed by atoms with van der Waals surface area (Å²) in [5.41, 5.74) is 27.7. The lowest BCUT2D eigenvalue weighted by molar-refractivity contribution is 0.584. The van der Waals surface area contributed by atoms with E-state index in [0.29, 0.717) is 0 Å². The Labute approximate surface area is 422 Å². The number of hydrogen-bond donors (Lipinski definition) is 0. The molecular formula is C70H65N. The van der Waals surface area contributed by atoms with Gasteiger partial charge in [0.15, 0.2) is 0 Å². The van der Waals surface area contributed by atoms with Crippen LogP contribution in [0.1, 0.15) is 126 Å². The number of hydrogen-bond acceptors (Lipinski definition) is 1. The first-order valence-electron chi connectivity index (χ1n) is 25.8. The predicted molar refractivity (Wildman–Crippen MR) is 302 cm³/mol. The van der Waals surface area contributed by atoms with E-state index in [-0.39, 0.29) is 21.7 Å². The van der Waals surface area contributed by atoms with E-state index in [0.717, 1.165) is 17.1 Å². The number of fused-ring (bicyclic) bond motifs is 13. The van der Waals surface area contributed by atoms with Gasteiger partial charge in [0, 0.05) is 22.2 Å². The Bertz CT molecular complexity index is 3550. The molecule has 1 spiro atoms. The SMILES string of the molecule is CC(C)(C)c1ccc2c(c1)C(C)(C)c1cccc(-c3ccccc3N(c3ccc4c(c3)C3(c5ccccc5-4)c4cc(C(C)(C)C)ccc4-c4ccc(C(C)(C)C)cc43)c3ccccc3-c3ccccc3)c1-2. The van der Waals surface area contributed by atoms with Crippen LogP contribution in [-0.2, 0) is 27.1 Å². The molecule has 0 saturated heterocycles. The van der Waals surface area contributed by atoms with Crippen molar-refractivity contribution in [3.63, 3.8) is 0 Å². The van der Waals surface area contributed by atoms with Gasteiger partial charge in [0.2, 0.25) is 0 Å². The van der Waals surface area contributed by atoms with Gasteiger partial charge in [-0.3, -0.25) is 0 Å². The fraction of sp³-hybridized carbons (Fsp3) is 0.229. The Balaban J connectivity index is 1.16. The molecule has 0 aromatic heterocycles. The Kier molecular flexibility index (Phi) is 9.90. The minimum Gasteiger partial charge on any atom is -0.309 e. The van der Waals surface area contributed by atoms with E-state index < -0.39 is 5.41 Å². The highest BCUT2D eigenvalue weighted by molar-refractivity contribution is 6.01. The van der Waals surface area contributed by atoms with E-state index in [4.69, 9.17) is 0 Å². The van der Waals surface area contributed by atoms with Crippen molar-refractivity contribution >= 4 is 17.1 Å². The number of benzene rings is 9. The standard InChI is InChI=1S/C70H65N/c1-66(2,3)45-34-38-56-59(40-45)69(10,11)58-29-21-27-55(65(56)58)54-26-17-20-31-64(54)71(63-30-19-16-24-49(63)44-22-13-12-14-23-44)48-35-39-53-50-25-15-18-28-57(50)70(62(53)43-48)60-41-46(67(4,5)6)32-36-51(60)52-37-33-47(42-61(52)70)68(7,8)9/h12-43H,1-11H3. The number of anilines is 3. The number of para-hydroxylation sites is 2. The highest BCUT2D eigenvalue weighted by Crippen LogP contribution is 2.65. The van der Waals surface area contributed by atoms with E-state index in [1.807, 2.05) is 0 Å². The lowest BCUT2D eigenvalue weighted by Gasteiger charge is -2.34. The van der Waals surface area contributed by atoms with Crippen LogP contribution in [0.4, 0.5) is 17.1 Å². The third-order valence-electron chi connectivity index (χ3n) is 16.4. The first-order valence-corrected chi connectivity index (χ1v) is 25.8. The van der Waals surface area contributed by atoms with Gasteiger partial charge >= 0.3 is 0 Å². The molecule has 0 aliphatic heterocycles. The third kappa shape index (κ3) is 6.72. The highest BCUT2D eigenvalue weighted by atomic mass is 15.1. The molecule has 9 aromatic carbocycles. The predicted octanol–water partition coefficient (Wildman–Crippen LogP) is 19.0. The lowest BCUT2D eigenvalue weighted by Crippen LogP contribution is -2.27. The molecule has 0 radical (unpaired) electrons. The van der Waals surface area contributed by atoms with Gasteiger partial charge in [0.25, 0.3) is 0 Å². The van der Waals surface area contributed by atoms with Crippen LogP contribution >= 0.6 is 0 Å². The topological polar surface area (TPSA) is 3.24 Å². The summed E-state index contributed by atoms with van der Waals surface area (Å²) in [5.74, 6) is 0. The van der Waals surface area contributed by atoms with E-state index >= 15 is 0 Å². The smallest absolute Gasteiger partial charge is 0.0726 e. The molecule has 0 amide bonds. The van der Waals surface area contributed by atoms with Gasteiger partial charge in [-0.15, -0.1) is 0 Å². The molecule has 0 bridgehead atoms. The second-order valence-electron chi connectivity index (χ2n) is 24.1. The zero-order valence-electron chi connectivity index (χ0n) is 43.4. The van der Waals surface area contributed by atoms with Crippen molar-refractivity contribution in [2.75, 3.05) is 4.90 Å². The molecule has 0 unspecified atom stereocenters. The van der Waals surface area contributed by atoms with Crippen LogP contribution in [0, 0.1) is 0 Å². The van der Waals surface area contributed by atoms with Gasteiger partial charge < -0.3 is 4.90 Å². The van der Waals surface area contributed by atoms with Gasteiger partial charge in [-0.2, -0.15) is 0 Å². The zero-order valence-corrected chi connectivity index (χ0v) is 43.4. The van der Waals surface area contributed by atoms with Gasteiger partial charge in [-0.25, -0.2) is 0 Å². The molecule has 12 rings (SSSR count). The molecule has 0 saturated carbocycles. The minimum absolute atomic E-state index is 0.0335. The van der Waals surface area contributed by atoms with Crippen molar-refractivity contribution in [2.45, 2.75) is 103 Å². The largest absolute Gasteiger partial charge is 0.309 e. The van der Waals surface area contributed by atoms with Crippen LogP contribution in [0.15, 0.2) is 194 Å². The van der Waals surface area contributed by atoms with Crippen LogP contribution in [0.3, 0.4) is 0 Å². The highest BCUT2D eigenvalue weighted by Gasteiger charge is 2.52. The van der Waals surface area contributed by atoms with E-state index in [1.54, 1.807) is 0 Å². The van der Waals surface area contributed by atoms with Gasteiger partial charge in [-0.1, -0.05) is 246 Å². The summed E-state index contributed by atoms with van der Waals surface area (Å²) in [5, 5.41) is 0.